The minimum absolute atomic E-state index is 0.0298. The first-order chi connectivity index (χ1) is 16.2. The molecule has 3 rings (SSSR count). The van der Waals surface area contributed by atoms with E-state index in [-0.39, 0.29) is 34.9 Å². The summed E-state index contributed by atoms with van der Waals surface area (Å²) in [4.78, 5) is 25.3. The highest BCUT2D eigenvalue weighted by Crippen LogP contribution is 2.26. The molecule has 2 aromatic carbocycles. The lowest BCUT2D eigenvalue weighted by Gasteiger charge is -2.17. The largest absolute Gasteiger partial charge is 0.487 e. The normalized spacial score (nSPS) is 11.1. The van der Waals surface area contributed by atoms with Crippen molar-refractivity contribution in [2.24, 2.45) is 0 Å². The lowest BCUT2D eigenvalue weighted by Crippen LogP contribution is -2.40. The summed E-state index contributed by atoms with van der Waals surface area (Å²) in [6.07, 6.45) is 0. The molecule has 3 aromatic rings. The number of carbonyl (C=O) groups is 1. The van der Waals surface area contributed by atoms with Crippen molar-refractivity contribution in [3.05, 3.63) is 92.1 Å². The lowest BCUT2D eigenvalue weighted by molar-refractivity contribution is 0.0879. The fourth-order valence-corrected chi connectivity index (χ4v) is 3.32. The SMILES string of the molecule is Cc1cc(OCc2ccc(F)cc2F)c(Cl)c(=O)n1-c1cc(C(=O)NC(CO)CO)ccc1F. The van der Waals surface area contributed by atoms with Gasteiger partial charge in [-0.3, -0.25) is 14.2 Å². The Hall–Kier alpha value is -3.34. The quantitative estimate of drug-likeness (QED) is 0.445. The summed E-state index contributed by atoms with van der Waals surface area (Å²) < 4.78 is 47.9. The summed E-state index contributed by atoms with van der Waals surface area (Å²) in [5.41, 5.74) is -0.913. The van der Waals surface area contributed by atoms with Crippen LogP contribution >= 0.6 is 11.6 Å². The summed E-state index contributed by atoms with van der Waals surface area (Å²) in [7, 11) is 0. The van der Waals surface area contributed by atoms with Gasteiger partial charge in [0.05, 0.1) is 24.9 Å². The molecule has 0 spiro atoms. The molecule has 0 unspecified atom stereocenters. The minimum atomic E-state index is -0.915. The van der Waals surface area contributed by atoms with Crippen molar-refractivity contribution in [1.82, 2.24) is 9.88 Å². The molecule has 11 heteroatoms. The van der Waals surface area contributed by atoms with Gasteiger partial charge in [0.15, 0.2) is 0 Å². The molecule has 1 heterocycles. The van der Waals surface area contributed by atoms with E-state index in [4.69, 9.17) is 26.6 Å². The fraction of sp³-hybridized carbons (Fsp3) is 0.217. The third-order valence-corrected chi connectivity index (χ3v) is 5.27. The smallest absolute Gasteiger partial charge is 0.277 e. The molecule has 0 aliphatic heterocycles. The Morgan fingerprint density at radius 2 is 1.79 bits per heavy atom. The summed E-state index contributed by atoms with van der Waals surface area (Å²) >= 11 is 6.14. The molecular formula is C23H20ClF3N2O5. The number of ether oxygens (including phenoxy) is 1. The summed E-state index contributed by atoms with van der Waals surface area (Å²) in [5.74, 6) is -3.19. The average Bonchev–Trinajstić information content (AvgIpc) is 2.80. The van der Waals surface area contributed by atoms with Crippen molar-refractivity contribution in [3.63, 3.8) is 0 Å². The van der Waals surface area contributed by atoms with Gasteiger partial charge in [0.2, 0.25) is 0 Å². The number of aliphatic hydroxyl groups is 2. The Bertz CT molecular complexity index is 1280. The van der Waals surface area contributed by atoms with Crippen LogP contribution in [0.1, 0.15) is 21.6 Å². The number of nitrogens with zero attached hydrogens (tertiary/aromatic N) is 1. The highest BCUT2D eigenvalue weighted by molar-refractivity contribution is 6.31. The third-order valence-electron chi connectivity index (χ3n) is 4.92. The molecule has 0 saturated heterocycles. The number of aliphatic hydroxyl groups excluding tert-OH is 2. The van der Waals surface area contributed by atoms with Crippen molar-refractivity contribution in [3.8, 4) is 11.4 Å². The number of hydrogen-bond donors (Lipinski definition) is 3. The number of halogens is 4. The number of aryl methyl sites for hydroxylation is 1. The highest BCUT2D eigenvalue weighted by atomic mass is 35.5. The Labute approximate surface area is 197 Å². The summed E-state index contributed by atoms with van der Waals surface area (Å²) in [6, 6.07) is 6.65. The van der Waals surface area contributed by atoms with Crippen LogP contribution in [-0.4, -0.2) is 39.9 Å². The van der Waals surface area contributed by atoms with E-state index in [0.717, 1.165) is 22.8 Å². The van der Waals surface area contributed by atoms with Crippen LogP contribution in [0.25, 0.3) is 5.69 Å². The van der Waals surface area contributed by atoms with Crippen molar-refractivity contribution in [2.75, 3.05) is 13.2 Å². The zero-order valence-corrected chi connectivity index (χ0v) is 18.6. The Kier molecular flexibility index (Phi) is 7.98. The molecule has 0 fully saturated rings. The van der Waals surface area contributed by atoms with E-state index in [9.17, 15) is 22.8 Å². The number of carbonyl (C=O) groups excluding carboxylic acids is 1. The zero-order valence-electron chi connectivity index (χ0n) is 17.8. The van der Waals surface area contributed by atoms with Gasteiger partial charge >= 0.3 is 0 Å². The maximum Gasteiger partial charge on any atom is 0.277 e. The molecule has 1 amide bonds. The summed E-state index contributed by atoms with van der Waals surface area (Å²) in [5, 5.41) is 20.2. The van der Waals surface area contributed by atoms with Gasteiger partial charge in [0.25, 0.3) is 11.5 Å². The van der Waals surface area contributed by atoms with E-state index in [1.54, 1.807) is 0 Å². The summed E-state index contributed by atoms with van der Waals surface area (Å²) in [6.45, 7) is 0.125. The number of rotatable bonds is 8. The predicted molar refractivity (Wildman–Crippen MR) is 118 cm³/mol. The number of hydrogen-bond acceptors (Lipinski definition) is 5. The zero-order chi connectivity index (χ0) is 25.0. The van der Waals surface area contributed by atoms with Gasteiger partial charge in [-0.2, -0.15) is 0 Å². The van der Waals surface area contributed by atoms with Gasteiger partial charge in [-0.15, -0.1) is 0 Å². The highest BCUT2D eigenvalue weighted by Gasteiger charge is 2.19. The minimum Gasteiger partial charge on any atom is -0.487 e. The van der Waals surface area contributed by atoms with E-state index in [1.807, 2.05) is 0 Å². The van der Waals surface area contributed by atoms with Crippen LogP contribution in [0.3, 0.4) is 0 Å². The van der Waals surface area contributed by atoms with Gasteiger partial charge in [0.1, 0.15) is 34.8 Å². The van der Waals surface area contributed by atoms with Gasteiger partial charge in [-0.1, -0.05) is 11.6 Å². The van der Waals surface area contributed by atoms with E-state index < -0.39 is 53.2 Å². The average molecular weight is 497 g/mol. The number of pyridine rings is 1. The second kappa shape index (κ2) is 10.7. The number of benzene rings is 2. The standard InChI is InChI=1S/C23H20ClF3N2O5/c1-12-6-20(34-11-14-2-4-15(25)8-18(14)27)21(24)23(33)29(12)19-7-13(3-5-17(19)26)22(32)28-16(9-30)10-31/h2-8,16,30-31H,9-11H2,1H3,(H,28,32). The van der Waals surface area contributed by atoms with Crippen LogP contribution in [-0.2, 0) is 6.61 Å². The molecule has 7 nitrogen and oxygen atoms in total. The molecule has 0 bridgehead atoms. The number of aromatic nitrogens is 1. The third kappa shape index (κ3) is 5.41. The second-order valence-electron chi connectivity index (χ2n) is 7.33. The molecule has 0 radical (unpaired) electrons. The predicted octanol–water partition coefficient (Wildman–Crippen LogP) is 2.88. The number of nitrogens with one attached hydrogen (secondary N) is 1. The van der Waals surface area contributed by atoms with Crippen LogP contribution < -0.4 is 15.6 Å². The second-order valence-corrected chi connectivity index (χ2v) is 7.71. The topological polar surface area (TPSA) is 101 Å². The van der Waals surface area contributed by atoms with Crippen LogP contribution in [0.5, 0.6) is 5.75 Å². The fourth-order valence-electron chi connectivity index (χ4n) is 3.12. The van der Waals surface area contributed by atoms with E-state index >= 15 is 0 Å². The first-order valence-corrected chi connectivity index (χ1v) is 10.4. The molecule has 180 valence electrons. The van der Waals surface area contributed by atoms with Crippen LogP contribution in [0.15, 0.2) is 47.3 Å². The van der Waals surface area contributed by atoms with Crippen LogP contribution in [0, 0.1) is 24.4 Å². The molecule has 0 aliphatic carbocycles. The molecular weight excluding hydrogens is 477 g/mol. The van der Waals surface area contributed by atoms with Crippen LogP contribution in [0.2, 0.25) is 5.02 Å². The van der Waals surface area contributed by atoms with E-state index in [2.05, 4.69) is 5.32 Å². The Balaban J connectivity index is 1.94. The van der Waals surface area contributed by atoms with E-state index in [1.165, 1.54) is 25.1 Å². The van der Waals surface area contributed by atoms with Gasteiger partial charge in [-0.25, -0.2) is 13.2 Å². The molecule has 0 atom stereocenters. The van der Waals surface area contributed by atoms with E-state index in [0.29, 0.717) is 6.07 Å². The van der Waals surface area contributed by atoms with Crippen molar-refractivity contribution in [1.29, 1.82) is 0 Å². The maximum absolute atomic E-state index is 14.6. The monoisotopic (exact) mass is 496 g/mol. The Morgan fingerprint density at radius 1 is 1.09 bits per heavy atom. The van der Waals surface area contributed by atoms with Crippen molar-refractivity contribution < 1.29 is 32.9 Å². The molecule has 0 saturated carbocycles. The first kappa shape index (κ1) is 25.3. The molecule has 1 aromatic heterocycles. The van der Waals surface area contributed by atoms with Crippen LogP contribution in [0.4, 0.5) is 13.2 Å². The lowest BCUT2D eigenvalue weighted by atomic mass is 10.1. The molecule has 3 N–H and O–H groups in total. The van der Waals surface area contributed by atoms with Gasteiger partial charge in [-0.05, 0) is 37.3 Å². The van der Waals surface area contributed by atoms with Crippen molar-refractivity contribution in [2.45, 2.75) is 19.6 Å². The number of amides is 1. The Morgan fingerprint density at radius 3 is 2.44 bits per heavy atom. The molecule has 34 heavy (non-hydrogen) atoms. The van der Waals surface area contributed by atoms with Gasteiger partial charge in [0, 0.05) is 29.0 Å². The first-order valence-electron chi connectivity index (χ1n) is 9.97. The maximum atomic E-state index is 14.6. The van der Waals surface area contributed by atoms with Gasteiger partial charge < -0.3 is 20.3 Å². The van der Waals surface area contributed by atoms with Crippen molar-refractivity contribution >= 4 is 17.5 Å². The molecule has 0 aliphatic rings.